The van der Waals surface area contributed by atoms with E-state index < -0.39 is 12.0 Å². The molecule has 0 amide bonds. The molecule has 1 aliphatic heterocycles. The van der Waals surface area contributed by atoms with E-state index in [0.29, 0.717) is 6.54 Å². The number of carboxylic acids is 1. The number of rotatable bonds is 3. The van der Waals surface area contributed by atoms with Gasteiger partial charge in [-0.3, -0.25) is 9.69 Å². The van der Waals surface area contributed by atoms with Gasteiger partial charge in [-0.25, -0.2) is 4.39 Å². The molecule has 98 valence electrons. The Morgan fingerprint density at radius 3 is 2.72 bits per heavy atom. The third-order valence-electron chi connectivity index (χ3n) is 3.59. The second-order valence-electron chi connectivity index (χ2n) is 5.00. The van der Waals surface area contributed by atoms with Gasteiger partial charge in [0.1, 0.15) is 11.9 Å². The maximum atomic E-state index is 12.8. The number of likely N-dealkylation sites (tertiary alicyclic amines) is 1. The quantitative estimate of drug-likeness (QED) is 0.897. The van der Waals surface area contributed by atoms with Crippen molar-refractivity contribution in [3.8, 4) is 0 Å². The van der Waals surface area contributed by atoms with E-state index in [-0.39, 0.29) is 11.7 Å². The summed E-state index contributed by atoms with van der Waals surface area (Å²) in [6.45, 7) is 3.34. The Balaban J connectivity index is 2.10. The van der Waals surface area contributed by atoms with E-state index >= 15 is 0 Å². The lowest BCUT2D eigenvalue weighted by Gasteiger charge is -2.37. The zero-order chi connectivity index (χ0) is 13.1. The molecule has 18 heavy (non-hydrogen) atoms. The van der Waals surface area contributed by atoms with E-state index in [4.69, 9.17) is 0 Å². The smallest absolute Gasteiger partial charge is 0.321 e. The Morgan fingerprint density at radius 1 is 1.44 bits per heavy atom. The molecule has 1 N–H and O–H groups in total. The molecule has 1 fully saturated rings. The van der Waals surface area contributed by atoms with E-state index in [1.165, 1.54) is 12.1 Å². The number of halogens is 1. The predicted octanol–water partition coefficient (Wildman–Crippen LogP) is 2.51. The highest BCUT2D eigenvalue weighted by atomic mass is 19.1. The number of carbonyl (C=O) groups is 1. The lowest BCUT2D eigenvalue weighted by atomic mass is 9.90. The van der Waals surface area contributed by atoms with Crippen LogP contribution in [0.1, 0.15) is 25.3 Å². The highest BCUT2D eigenvalue weighted by Crippen LogP contribution is 2.25. The standard InChI is InChI=1S/C14H18FNO2/c1-10-3-2-8-16(13(10)14(17)18)9-11-4-6-12(15)7-5-11/h4-7,10,13H,2-3,8-9H2,1H3,(H,17,18). The first-order valence-electron chi connectivity index (χ1n) is 6.29. The van der Waals surface area contributed by atoms with Crippen LogP contribution in [0, 0.1) is 11.7 Å². The van der Waals surface area contributed by atoms with Gasteiger partial charge < -0.3 is 5.11 Å². The number of aliphatic carboxylic acids is 1. The first-order valence-corrected chi connectivity index (χ1v) is 6.29. The third kappa shape index (κ3) is 2.88. The average Bonchev–Trinajstić information content (AvgIpc) is 2.32. The molecule has 1 saturated heterocycles. The molecule has 2 rings (SSSR count). The topological polar surface area (TPSA) is 40.5 Å². The van der Waals surface area contributed by atoms with Crippen molar-refractivity contribution in [2.45, 2.75) is 32.4 Å². The first kappa shape index (κ1) is 13.0. The molecule has 0 radical (unpaired) electrons. The van der Waals surface area contributed by atoms with E-state index in [9.17, 15) is 14.3 Å². The average molecular weight is 251 g/mol. The maximum Gasteiger partial charge on any atom is 0.321 e. The van der Waals surface area contributed by atoms with Gasteiger partial charge in [0, 0.05) is 6.54 Å². The minimum atomic E-state index is -0.760. The molecule has 2 atom stereocenters. The van der Waals surface area contributed by atoms with Gasteiger partial charge in [0.05, 0.1) is 0 Å². The monoisotopic (exact) mass is 251 g/mol. The van der Waals surface area contributed by atoms with Crippen molar-refractivity contribution in [1.29, 1.82) is 0 Å². The Morgan fingerprint density at radius 2 is 2.11 bits per heavy atom. The van der Waals surface area contributed by atoms with Crippen LogP contribution in [-0.2, 0) is 11.3 Å². The van der Waals surface area contributed by atoms with E-state index in [1.807, 2.05) is 11.8 Å². The fourth-order valence-electron chi connectivity index (χ4n) is 2.67. The molecule has 0 spiro atoms. The predicted molar refractivity (Wildman–Crippen MR) is 66.6 cm³/mol. The fourth-order valence-corrected chi connectivity index (χ4v) is 2.67. The molecular formula is C14H18FNO2. The summed E-state index contributed by atoms with van der Waals surface area (Å²) in [5, 5.41) is 9.30. The first-order chi connectivity index (χ1) is 8.58. The number of hydrogen-bond donors (Lipinski definition) is 1. The second kappa shape index (κ2) is 5.48. The zero-order valence-corrected chi connectivity index (χ0v) is 10.5. The zero-order valence-electron chi connectivity index (χ0n) is 10.5. The second-order valence-corrected chi connectivity index (χ2v) is 5.00. The Labute approximate surface area is 106 Å². The molecule has 4 heteroatoms. The van der Waals surface area contributed by atoms with Gasteiger partial charge in [0.2, 0.25) is 0 Å². The molecule has 2 unspecified atom stereocenters. The third-order valence-corrected chi connectivity index (χ3v) is 3.59. The molecule has 0 aliphatic carbocycles. The van der Waals surface area contributed by atoms with Crippen molar-refractivity contribution in [2.24, 2.45) is 5.92 Å². The van der Waals surface area contributed by atoms with Gasteiger partial charge in [-0.2, -0.15) is 0 Å². The summed E-state index contributed by atoms with van der Waals surface area (Å²) < 4.78 is 12.8. The van der Waals surface area contributed by atoms with Crippen LogP contribution >= 0.6 is 0 Å². The summed E-state index contributed by atoms with van der Waals surface area (Å²) >= 11 is 0. The van der Waals surface area contributed by atoms with Crippen LogP contribution in [-0.4, -0.2) is 28.6 Å². The molecule has 0 saturated carbocycles. The van der Waals surface area contributed by atoms with E-state index in [1.54, 1.807) is 12.1 Å². The highest BCUT2D eigenvalue weighted by Gasteiger charge is 2.33. The van der Waals surface area contributed by atoms with Gasteiger partial charge in [-0.1, -0.05) is 19.1 Å². The maximum absolute atomic E-state index is 12.8. The molecular weight excluding hydrogens is 233 g/mol. The molecule has 0 aromatic heterocycles. The van der Waals surface area contributed by atoms with E-state index in [0.717, 1.165) is 24.9 Å². The van der Waals surface area contributed by atoms with Crippen LogP contribution in [0.2, 0.25) is 0 Å². The number of nitrogens with zero attached hydrogens (tertiary/aromatic N) is 1. The van der Waals surface area contributed by atoms with Crippen molar-refractivity contribution in [1.82, 2.24) is 4.90 Å². The van der Waals surface area contributed by atoms with Crippen LogP contribution in [0.3, 0.4) is 0 Å². The summed E-state index contributed by atoms with van der Waals surface area (Å²) in [6.07, 6.45) is 1.98. The summed E-state index contributed by atoms with van der Waals surface area (Å²) in [4.78, 5) is 13.3. The van der Waals surface area contributed by atoms with Gasteiger partial charge >= 0.3 is 5.97 Å². The number of hydrogen-bond acceptors (Lipinski definition) is 2. The fraction of sp³-hybridized carbons (Fsp3) is 0.500. The molecule has 1 heterocycles. The van der Waals surface area contributed by atoms with Crippen molar-refractivity contribution in [3.63, 3.8) is 0 Å². The molecule has 1 aliphatic rings. The molecule has 0 bridgehead atoms. The summed E-state index contributed by atoms with van der Waals surface area (Å²) in [5.41, 5.74) is 0.955. The van der Waals surface area contributed by atoms with Crippen molar-refractivity contribution in [2.75, 3.05) is 6.54 Å². The van der Waals surface area contributed by atoms with Crippen LogP contribution in [0.4, 0.5) is 4.39 Å². The van der Waals surface area contributed by atoms with Crippen molar-refractivity contribution < 1.29 is 14.3 Å². The van der Waals surface area contributed by atoms with Crippen molar-refractivity contribution in [3.05, 3.63) is 35.6 Å². The normalized spacial score (nSPS) is 25.0. The van der Waals surface area contributed by atoms with Gasteiger partial charge in [0.25, 0.3) is 0 Å². The molecule has 1 aromatic rings. The number of carboxylic acid groups (broad SMARTS) is 1. The summed E-state index contributed by atoms with van der Waals surface area (Å²) in [6, 6.07) is 5.83. The number of piperidine rings is 1. The lowest BCUT2D eigenvalue weighted by Crippen LogP contribution is -2.48. The lowest BCUT2D eigenvalue weighted by molar-refractivity contribution is -0.147. The van der Waals surface area contributed by atoms with Crippen LogP contribution in [0.5, 0.6) is 0 Å². The van der Waals surface area contributed by atoms with Gasteiger partial charge in [-0.15, -0.1) is 0 Å². The number of benzene rings is 1. The van der Waals surface area contributed by atoms with E-state index in [2.05, 4.69) is 0 Å². The highest BCUT2D eigenvalue weighted by molar-refractivity contribution is 5.74. The molecule has 3 nitrogen and oxygen atoms in total. The summed E-state index contributed by atoms with van der Waals surface area (Å²) in [5.74, 6) is -0.860. The Kier molecular flexibility index (Phi) is 3.97. The Hall–Kier alpha value is -1.42. The SMILES string of the molecule is CC1CCCN(Cc2ccc(F)cc2)C1C(=O)O. The van der Waals surface area contributed by atoms with Crippen LogP contribution in [0.25, 0.3) is 0 Å². The minimum absolute atomic E-state index is 0.164. The molecule has 1 aromatic carbocycles. The van der Waals surface area contributed by atoms with Gasteiger partial charge in [0.15, 0.2) is 0 Å². The van der Waals surface area contributed by atoms with Crippen molar-refractivity contribution >= 4 is 5.97 Å². The Bertz CT molecular complexity index is 418. The largest absolute Gasteiger partial charge is 0.480 e. The van der Waals surface area contributed by atoms with Gasteiger partial charge in [-0.05, 0) is 43.0 Å². The summed E-state index contributed by atoms with van der Waals surface area (Å²) in [7, 11) is 0. The van der Waals surface area contributed by atoms with Crippen LogP contribution in [0.15, 0.2) is 24.3 Å². The minimum Gasteiger partial charge on any atom is -0.480 e. The van der Waals surface area contributed by atoms with Crippen LogP contribution < -0.4 is 0 Å².